The third-order valence-electron chi connectivity index (χ3n) is 4.14. The summed E-state index contributed by atoms with van der Waals surface area (Å²) in [7, 11) is -2.44. The number of sulfonamides is 1. The molecule has 0 aromatic heterocycles. The second-order valence-corrected chi connectivity index (χ2v) is 10.1. The molecule has 0 radical (unpaired) electrons. The van der Waals surface area contributed by atoms with Crippen LogP contribution in [0.25, 0.3) is 0 Å². The molecule has 0 aliphatic heterocycles. The van der Waals surface area contributed by atoms with Crippen LogP contribution >= 0.6 is 0 Å². The fraction of sp³-hybridized carbons (Fsp3) is 0.650. The average molecular weight is 414 g/mol. The van der Waals surface area contributed by atoms with E-state index in [0.29, 0.717) is 25.2 Å². The number of amides is 1. The number of rotatable bonds is 9. The van der Waals surface area contributed by atoms with Gasteiger partial charge >= 0.3 is 0 Å². The number of hydrogen-bond donors (Lipinski definition) is 2. The van der Waals surface area contributed by atoms with E-state index in [1.54, 1.807) is 26.8 Å². The highest BCUT2D eigenvalue weighted by molar-refractivity contribution is 7.89. The number of carbonyl (C=O) groups excluding carboxylic acids is 1. The molecule has 1 aromatic carbocycles. The van der Waals surface area contributed by atoms with E-state index in [2.05, 4.69) is 42.6 Å². The predicted molar refractivity (Wildman–Crippen MR) is 112 cm³/mol. The Labute approximate surface area is 169 Å². The van der Waals surface area contributed by atoms with Gasteiger partial charge in [0.05, 0.1) is 7.11 Å². The lowest BCUT2D eigenvalue weighted by atomic mass is 10.1. The summed E-state index contributed by atoms with van der Waals surface area (Å²) >= 11 is 0. The van der Waals surface area contributed by atoms with Crippen LogP contribution in [0.3, 0.4) is 0 Å². The Morgan fingerprint density at radius 3 is 2.18 bits per heavy atom. The van der Waals surface area contributed by atoms with Crippen LogP contribution < -0.4 is 14.8 Å². The van der Waals surface area contributed by atoms with Crippen LogP contribution in [0.15, 0.2) is 23.1 Å². The molecule has 1 amide bonds. The van der Waals surface area contributed by atoms with Crippen LogP contribution in [0.1, 0.15) is 58.8 Å². The Hall–Kier alpha value is -1.64. The van der Waals surface area contributed by atoms with Gasteiger partial charge in [0.2, 0.25) is 10.0 Å². The van der Waals surface area contributed by atoms with Crippen LogP contribution in [0.4, 0.5) is 0 Å². The van der Waals surface area contributed by atoms with E-state index >= 15 is 0 Å². The van der Waals surface area contributed by atoms with Gasteiger partial charge in [-0.1, -0.05) is 0 Å². The molecule has 0 fully saturated rings. The Kier molecular flexibility index (Phi) is 8.46. The quantitative estimate of drug-likeness (QED) is 0.650. The standard InChI is InChI=1S/C20H35N3O4S/c1-14(2)23(15(3)4)12-11-21-19(24)16-9-10-17(27-8)18(13-16)28(25,26)22-20(5,6)7/h9-10,13-15,22H,11-12H2,1-8H3,(H,21,24). The van der Waals surface area contributed by atoms with Crippen molar-refractivity contribution < 1.29 is 17.9 Å². The van der Waals surface area contributed by atoms with E-state index in [1.807, 2.05) is 0 Å². The van der Waals surface area contributed by atoms with Crippen LogP contribution in [-0.4, -0.2) is 57.0 Å². The Morgan fingerprint density at radius 2 is 1.71 bits per heavy atom. The first kappa shape index (κ1) is 24.4. The molecule has 0 bridgehead atoms. The fourth-order valence-electron chi connectivity index (χ4n) is 3.00. The highest BCUT2D eigenvalue weighted by Crippen LogP contribution is 2.26. The molecule has 0 spiro atoms. The van der Waals surface area contributed by atoms with Crippen molar-refractivity contribution in [2.45, 2.75) is 71.0 Å². The molecule has 0 aliphatic carbocycles. The van der Waals surface area contributed by atoms with Crippen LogP contribution in [0.5, 0.6) is 5.75 Å². The molecular weight excluding hydrogens is 378 g/mol. The maximum Gasteiger partial charge on any atom is 0.251 e. The van der Waals surface area contributed by atoms with Gasteiger partial charge in [0.1, 0.15) is 10.6 Å². The molecule has 0 unspecified atom stereocenters. The molecule has 0 heterocycles. The lowest BCUT2D eigenvalue weighted by Gasteiger charge is -2.30. The third-order valence-corrected chi connectivity index (χ3v) is 5.92. The second-order valence-electron chi connectivity index (χ2n) is 8.40. The highest BCUT2D eigenvalue weighted by atomic mass is 32.2. The summed E-state index contributed by atoms with van der Waals surface area (Å²) in [6.07, 6.45) is 0. The first-order chi connectivity index (χ1) is 12.8. The van der Waals surface area contributed by atoms with Crippen molar-refractivity contribution in [3.63, 3.8) is 0 Å². The molecule has 0 atom stereocenters. The first-order valence-corrected chi connectivity index (χ1v) is 11.0. The topological polar surface area (TPSA) is 87.7 Å². The van der Waals surface area contributed by atoms with Crippen molar-refractivity contribution in [2.75, 3.05) is 20.2 Å². The van der Waals surface area contributed by atoms with E-state index in [4.69, 9.17) is 4.74 Å². The maximum atomic E-state index is 12.7. The molecule has 0 saturated carbocycles. The third kappa shape index (κ3) is 7.07. The molecule has 1 aromatic rings. The van der Waals surface area contributed by atoms with Gasteiger partial charge < -0.3 is 10.1 Å². The summed E-state index contributed by atoms with van der Waals surface area (Å²) in [5, 5.41) is 2.87. The second kappa shape index (κ2) is 9.71. The molecule has 160 valence electrons. The number of benzene rings is 1. The molecule has 28 heavy (non-hydrogen) atoms. The van der Waals surface area contributed by atoms with Crippen molar-refractivity contribution in [1.29, 1.82) is 0 Å². The molecule has 0 saturated heterocycles. The summed E-state index contributed by atoms with van der Waals surface area (Å²) in [5.74, 6) is -0.124. The molecule has 2 N–H and O–H groups in total. The summed E-state index contributed by atoms with van der Waals surface area (Å²) in [4.78, 5) is 14.8. The van der Waals surface area contributed by atoms with E-state index in [9.17, 15) is 13.2 Å². The normalized spacial score (nSPS) is 12.7. The zero-order valence-electron chi connectivity index (χ0n) is 18.3. The van der Waals surface area contributed by atoms with Crippen LogP contribution in [0.2, 0.25) is 0 Å². The van der Waals surface area contributed by atoms with Crippen molar-refractivity contribution >= 4 is 15.9 Å². The highest BCUT2D eigenvalue weighted by Gasteiger charge is 2.26. The largest absolute Gasteiger partial charge is 0.495 e. The van der Waals surface area contributed by atoms with Gasteiger partial charge in [0.15, 0.2) is 0 Å². The minimum absolute atomic E-state index is 0.0523. The van der Waals surface area contributed by atoms with Crippen molar-refractivity contribution in [3.05, 3.63) is 23.8 Å². The van der Waals surface area contributed by atoms with E-state index in [0.717, 1.165) is 0 Å². The summed E-state index contributed by atoms with van der Waals surface area (Å²) in [6.45, 7) is 14.9. The number of hydrogen-bond acceptors (Lipinski definition) is 5. The minimum atomic E-state index is -3.84. The number of methoxy groups -OCH3 is 1. The first-order valence-electron chi connectivity index (χ1n) is 9.54. The lowest BCUT2D eigenvalue weighted by molar-refractivity contribution is 0.0939. The SMILES string of the molecule is COc1ccc(C(=O)NCCN(C(C)C)C(C)C)cc1S(=O)(=O)NC(C)(C)C. The van der Waals surface area contributed by atoms with Crippen molar-refractivity contribution in [2.24, 2.45) is 0 Å². The van der Waals surface area contributed by atoms with Gasteiger partial charge in [-0.25, -0.2) is 13.1 Å². The zero-order chi connectivity index (χ0) is 21.7. The van der Waals surface area contributed by atoms with Crippen LogP contribution in [0, 0.1) is 0 Å². The summed E-state index contributed by atoms with van der Waals surface area (Å²) in [6, 6.07) is 5.16. The van der Waals surface area contributed by atoms with Gasteiger partial charge in [-0.15, -0.1) is 0 Å². The van der Waals surface area contributed by atoms with Crippen LogP contribution in [-0.2, 0) is 10.0 Å². The Bertz CT molecular complexity index is 760. The van der Waals surface area contributed by atoms with Gasteiger partial charge in [-0.2, -0.15) is 0 Å². The number of carbonyl (C=O) groups is 1. The monoisotopic (exact) mass is 413 g/mol. The number of nitrogens with zero attached hydrogens (tertiary/aromatic N) is 1. The molecule has 1 rings (SSSR count). The predicted octanol–water partition coefficient (Wildman–Crippen LogP) is 2.62. The molecular formula is C20H35N3O4S. The fourth-order valence-corrected chi connectivity index (χ4v) is 4.61. The zero-order valence-corrected chi connectivity index (χ0v) is 19.1. The van der Waals surface area contributed by atoms with E-state index in [1.165, 1.54) is 19.2 Å². The number of ether oxygens (including phenoxy) is 1. The molecule has 7 nitrogen and oxygen atoms in total. The summed E-state index contributed by atoms with van der Waals surface area (Å²) < 4.78 is 33.2. The van der Waals surface area contributed by atoms with E-state index < -0.39 is 15.6 Å². The van der Waals surface area contributed by atoms with Gasteiger partial charge in [-0.3, -0.25) is 9.69 Å². The van der Waals surface area contributed by atoms with Gasteiger partial charge in [0, 0.05) is 36.3 Å². The maximum absolute atomic E-state index is 12.7. The molecule has 8 heteroatoms. The molecule has 0 aliphatic rings. The van der Waals surface area contributed by atoms with Gasteiger partial charge in [-0.05, 0) is 66.7 Å². The Morgan fingerprint density at radius 1 is 1.14 bits per heavy atom. The smallest absolute Gasteiger partial charge is 0.251 e. The number of nitrogens with one attached hydrogen (secondary N) is 2. The minimum Gasteiger partial charge on any atom is -0.495 e. The average Bonchev–Trinajstić information content (AvgIpc) is 2.55. The van der Waals surface area contributed by atoms with E-state index in [-0.39, 0.29) is 22.1 Å². The summed E-state index contributed by atoms with van der Waals surface area (Å²) in [5.41, 5.74) is -0.380. The van der Waals surface area contributed by atoms with Crippen molar-refractivity contribution in [3.8, 4) is 5.75 Å². The van der Waals surface area contributed by atoms with Crippen molar-refractivity contribution in [1.82, 2.24) is 14.9 Å². The van der Waals surface area contributed by atoms with Gasteiger partial charge in [0.25, 0.3) is 5.91 Å². The Balaban J connectivity index is 2.99. The lowest BCUT2D eigenvalue weighted by Crippen LogP contribution is -2.42.